The second-order valence-corrected chi connectivity index (χ2v) is 8.99. The van der Waals surface area contributed by atoms with Crippen LogP contribution in [-0.2, 0) is 19.1 Å². The molecule has 0 saturated carbocycles. The molecule has 1 fully saturated rings. The number of amides is 2. The molecule has 2 heterocycles. The van der Waals surface area contributed by atoms with Crippen molar-refractivity contribution >= 4 is 23.7 Å². The molecule has 1 aromatic carbocycles. The number of nitrogens with one attached hydrogen (secondary N) is 1. The predicted molar refractivity (Wildman–Crippen MR) is 120 cm³/mol. The summed E-state index contributed by atoms with van der Waals surface area (Å²) in [6.07, 6.45) is -0.368. The fourth-order valence-corrected chi connectivity index (χ4v) is 3.69. The SMILES string of the molecule is COC(=O)C1=C(Nc2c(F)cccc2OC2CCN(C(=O)OC(C)(C)C)C2)C(=O)N(CCO)C1. The molecule has 0 spiro atoms. The number of likely N-dealkylation sites (tertiary alicyclic amines) is 1. The highest BCUT2D eigenvalue weighted by Crippen LogP contribution is 2.33. The number of methoxy groups -OCH3 is 1. The van der Waals surface area contributed by atoms with Crippen molar-refractivity contribution in [3.05, 3.63) is 35.3 Å². The Bertz CT molecular complexity index is 989. The molecule has 10 nitrogen and oxygen atoms in total. The molecule has 2 aliphatic heterocycles. The monoisotopic (exact) mass is 479 g/mol. The van der Waals surface area contributed by atoms with Crippen molar-refractivity contribution < 1.29 is 38.1 Å². The number of carbonyl (C=O) groups excluding carboxylic acids is 3. The van der Waals surface area contributed by atoms with Gasteiger partial charge in [-0.1, -0.05) is 6.07 Å². The maximum absolute atomic E-state index is 14.8. The number of aliphatic hydroxyl groups excluding tert-OH is 1. The van der Waals surface area contributed by atoms with E-state index in [0.717, 1.165) is 0 Å². The van der Waals surface area contributed by atoms with Gasteiger partial charge in [0.1, 0.15) is 34.7 Å². The number of hydrogen-bond donors (Lipinski definition) is 2. The number of benzene rings is 1. The number of carbonyl (C=O) groups is 3. The number of rotatable bonds is 7. The van der Waals surface area contributed by atoms with Crippen molar-refractivity contribution in [2.75, 3.05) is 45.2 Å². The zero-order valence-corrected chi connectivity index (χ0v) is 19.7. The van der Waals surface area contributed by atoms with Gasteiger partial charge in [-0.2, -0.15) is 0 Å². The molecule has 1 unspecified atom stereocenters. The lowest BCUT2D eigenvalue weighted by Gasteiger charge is -2.24. The zero-order valence-electron chi connectivity index (χ0n) is 19.7. The van der Waals surface area contributed by atoms with Gasteiger partial charge in [-0.25, -0.2) is 14.0 Å². The Balaban J connectivity index is 1.79. The summed E-state index contributed by atoms with van der Waals surface area (Å²) < 4.78 is 31.0. The summed E-state index contributed by atoms with van der Waals surface area (Å²) in [5, 5.41) is 11.9. The normalized spacial score (nSPS) is 18.4. The third kappa shape index (κ3) is 5.77. The Labute approximate surface area is 197 Å². The third-order valence-corrected chi connectivity index (χ3v) is 5.27. The second kappa shape index (κ2) is 10.3. The summed E-state index contributed by atoms with van der Waals surface area (Å²) in [7, 11) is 1.18. The van der Waals surface area contributed by atoms with E-state index in [1.807, 2.05) is 0 Å². The number of aliphatic hydroxyl groups is 1. The number of halogens is 1. The molecule has 0 radical (unpaired) electrons. The van der Waals surface area contributed by atoms with Gasteiger partial charge in [-0.05, 0) is 32.9 Å². The fourth-order valence-electron chi connectivity index (χ4n) is 3.69. The molecule has 11 heteroatoms. The van der Waals surface area contributed by atoms with E-state index < -0.39 is 35.5 Å². The first-order chi connectivity index (χ1) is 16.0. The lowest BCUT2D eigenvalue weighted by molar-refractivity contribution is -0.136. The first kappa shape index (κ1) is 25.3. The smallest absolute Gasteiger partial charge is 0.410 e. The van der Waals surface area contributed by atoms with Crippen LogP contribution >= 0.6 is 0 Å². The van der Waals surface area contributed by atoms with Crippen LogP contribution in [0.15, 0.2) is 29.5 Å². The van der Waals surface area contributed by atoms with Crippen LogP contribution in [0.2, 0.25) is 0 Å². The highest BCUT2D eigenvalue weighted by molar-refractivity contribution is 6.08. The number of β-amino-alcohol motifs (C(OH)–C–C–N with tert-alkyl or cyclic N) is 1. The predicted octanol–water partition coefficient (Wildman–Crippen LogP) is 1.89. The lowest BCUT2D eigenvalue weighted by Crippen LogP contribution is -2.36. The lowest BCUT2D eigenvalue weighted by atomic mass is 10.2. The van der Waals surface area contributed by atoms with E-state index >= 15 is 0 Å². The molecular weight excluding hydrogens is 449 g/mol. The maximum atomic E-state index is 14.8. The van der Waals surface area contributed by atoms with Gasteiger partial charge >= 0.3 is 12.1 Å². The number of nitrogens with zero attached hydrogens (tertiary/aromatic N) is 2. The van der Waals surface area contributed by atoms with E-state index in [-0.39, 0.29) is 48.9 Å². The van der Waals surface area contributed by atoms with Crippen molar-refractivity contribution in [2.24, 2.45) is 0 Å². The quantitative estimate of drug-likeness (QED) is 0.570. The van der Waals surface area contributed by atoms with Crippen LogP contribution in [-0.4, -0.2) is 84.5 Å². The van der Waals surface area contributed by atoms with Crippen LogP contribution in [0.1, 0.15) is 27.2 Å². The van der Waals surface area contributed by atoms with Gasteiger partial charge in [0.25, 0.3) is 5.91 Å². The molecule has 2 N–H and O–H groups in total. The molecule has 186 valence electrons. The van der Waals surface area contributed by atoms with E-state index in [9.17, 15) is 23.9 Å². The highest BCUT2D eigenvalue weighted by atomic mass is 19.1. The number of ether oxygens (including phenoxy) is 3. The minimum atomic E-state index is -0.737. The fraction of sp³-hybridized carbons (Fsp3) is 0.522. The molecule has 1 aromatic rings. The average molecular weight is 480 g/mol. The first-order valence-electron chi connectivity index (χ1n) is 11.0. The summed E-state index contributed by atoms with van der Waals surface area (Å²) in [4.78, 5) is 40.1. The van der Waals surface area contributed by atoms with Crippen LogP contribution in [0.25, 0.3) is 0 Å². The minimum Gasteiger partial charge on any atom is -0.486 e. The largest absolute Gasteiger partial charge is 0.486 e. The van der Waals surface area contributed by atoms with Gasteiger partial charge in [0, 0.05) is 19.5 Å². The Morgan fingerprint density at radius 3 is 2.68 bits per heavy atom. The molecule has 0 aromatic heterocycles. The molecule has 1 atom stereocenters. The highest BCUT2D eigenvalue weighted by Gasteiger charge is 2.36. The molecule has 3 rings (SSSR count). The van der Waals surface area contributed by atoms with Crippen LogP contribution < -0.4 is 10.1 Å². The summed E-state index contributed by atoms with van der Waals surface area (Å²) in [6.45, 7) is 5.65. The summed E-state index contributed by atoms with van der Waals surface area (Å²) in [5.41, 5.74) is -0.864. The van der Waals surface area contributed by atoms with E-state index in [4.69, 9.17) is 14.2 Å². The second-order valence-electron chi connectivity index (χ2n) is 8.99. The zero-order chi connectivity index (χ0) is 25.0. The van der Waals surface area contributed by atoms with Crippen molar-refractivity contribution in [1.29, 1.82) is 0 Å². The van der Waals surface area contributed by atoms with E-state index in [1.54, 1.807) is 20.8 Å². The van der Waals surface area contributed by atoms with Crippen molar-refractivity contribution in [1.82, 2.24) is 9.80 Å². The van der Waals surface area contributed by atoms with Crippen LogP contribution in [0, 0.1) is 5.82 Å². The van der Waals surface area contributed by atoms with Crippen LogP contribution in [0.5, 0.6) is 5.75 Å². The molecule has 34 heavy (non-hydrogen) atoms. The van der Waals surface area contributed by atoms with Gasteiger partial charge in [-0.15, -0.1) is 0 Å². The summed E-state index contributed by atoms with van der Waals surface area (Å²) >= 11 is 0. The van der Waals surface area contributed by atoms with Crippen LogP contribution in [0.4, 0.5) is 14.9 Å². The van der Waals surface area contributed by atoms with Gasteiger partial charge in [-0.3, -0.25) is 4.79 Å². The van der Waals surface area contributed by atoms with Gasteiger partial charge in [0.05, 0.1) is 32.4 Å². The Hall–Kier alpha value is -3.34. The van der Waals surface area contributed by atoms with Crippen molar-refractivity contribution in [3.8, 4) is 5.75 Å². The van der Waals surface area contributed by atoms with E-state index in [0.29, 0.717) is 13.0 Å². The maximum Gasteiger partial charge on any atom is 0.410 e. The Kier molecular flexibility index (Phi) is 7.65. The van der Waals surface area contributed by atoms with Gasteiger partial charge in [0.15, 0.2) is 0 Å². The molecular formula is C23H30FN3O7. The molecule has 2 amide bonds. The van der Waals surface area contributed by atoms with Crippen LogP contribution in [0.3, 0.4) is 0 Å². The number of anilines is 1. The van der Waals surface area contributed by atoms with Crippen molar-refractivity contribution in [3.63, 3.8) is 0 Å². The standard InChI is InChI=1S/C23H30FN3O7/c1-23(2,3)34-22(31)27-9-8-14(12-27)33-17-7-5-6-16(24)19(17)25-18-15(21(30)32-4)13-26(10-11-28)20(18)29/h5-7,14,25,28H,8-13H2,1-4H3. The number of hydrogen-bond acceptors (Lipinski definition) is 8. The van der Waals surface area contributed by atoms with Crippen molar-refractivity contribution in [2.45, 2.75) is 38.9 Å². The van der Waals surface area contributed by atoms with E-state index in [2.05, 4.69) is 5.32 Å². The average Bonchev–Trinajstić information content (AvgIpc) is 3.35. The molecule has 0 bridgehead atoms. The summed E-state index contributed by atoms with van der Waals surface area (Å²) in [5.74, 6) is -1.87. The molecule has 1 saturated heterocycles. The minimum absolute atomic E-state index is 0.00765. The first-order valence-corrected chi connectivity index (χ1v) is 11.0. The number of para-hydroxylation sites is 1. The molecule has 2 aliphatic rings. The Morgan fingerprint density at radius 2 is 2.03 bits per heavy atom. The number of esters is 1. The Morgan fingerprint density at radius 1 is 1.29 bits per heavy atom. The van der Waals surface area contributed by atoms with E-state index in [1.165, 1.54) is 35.1 Å². The molecule has 0 aliphatic carbocycles. The summed E-state index contributed by atoms with van der Waals surface area (Å²) in [6, 6.07) is 4.19. The third-order valence-electron chi connectivity index (χ3n) is 5.27. The topological polar surface area (TPSA) is 118 Å². The van der Waals surface area contributed by atoms with Gasteiger partial charge in [0.2, 0.25) is 0 Å². The van der Waals surface area contributed by atoms with Gasteiger partial charge < -0.3 is 34.4 Å².